The van der Waals surface area contributed by atoms with Crippen LogP contribution in [0.2, 0.25) is 0 Å². The zero-order valence-electron chi connectivity index (χ0n) is 19.1. The molecule has 2 aliphatic rings. The number of alkyl halides is 2. The molecule has 11 heteroatoms. The summed E-state index contributed by atoms with van der Waals surface area (Å²) in [5.41, 5.74) is 0. The second-order valence-electron chi connectivity index (χ2n) is 8.86. The van der Waals surface area contributed by atoms with Crippen molar-refractivity contribution < 1.29 is 32.6 Å². The third kappa shape index (κ3) is 8.99. The molecule has 190 valence electrons. The molecular formula is C23H32F3N3O4S. The van der Waals surface area contributed by atoms with Crippen molar-refractivity contribution in [2.45, 2.75) is 69.4 Å². The standard InChI is InChI=1S/C23H32F3N3O4S/c1-2-18(20(30)22(32)28-16-7-8-16)29-21(31)19(12-34-11-14-3-4-14)27-13-23(25,26)33-17-9-5-15(24)6-10-17/h5-6,9-10,14,16,18-20,27,30H,2-4,7-8,11-13H2,1H3,(H,28,32)(H,29,31)/t18-,19?,20?/m0/s1. The van der Waals surface area contributed by atoms with Crippen LogP contribution in [-0.2, 0) is 9.59 Å². The summed E-state index contributed by atoms with van der Waals surface area (Å²) in [6, 6.07) is 2.45. The van der Waals surface area contributed by atoms with Crippen LogP contribution in [-0.4, -0.2) is 65.3 Å². The van der Waals surface area contributed by atoms with Gasteiger partial charge < -0.3 is 20.5 Å². The van der Waals surface area contributed by atoms with Gasteiger partial charge in [0.2, 0.25) is 5.91 Å². The van der Waals surface area contributed by atoms with E-state index in [1.54, 1.807) is 6.92 Å². The smallest absolute Gasteiger partial charge is 0.410 e. The summed E-state index contributed by atoms with van der Waals surface area (Å²) in [5.74, 6) is -0.238. The summed E-state index contributed by atoms with van der Waals surface area (Å²) in [6.07, 6.45) is -0.817. The average molecular weight is 504 g/mol. The number of amides is 2. The van der Waals surface area contributed by atoms with Gasteiger partial charge in [-0.2, -0.15) is 20.5 Å². The van der Waals surface area contributed by atoms with Gasteiger partial charge in [0.1, 0.15) is 18.1 Å². The van der Waals surface area contributed by atoms with Gasteiger partial charge in [0, 0.05) is 11.8 Å². The molecular weight excluding hydrogens is 471 g/mol. The average Bonchev–Trinajstić information content (AvgIpc) is 3.71. The minimum atomic E-state index is -3.65. The number of ether oxygens (including phenoxy) is 1. The Morgan fingerprint density at radius 2 is 1.85 bits per heavy atom. The highest BCUT2D eigenvalue weighted by atomic mass is 32.2. The third-order valence-corrected chi connectivity index (χ3v) is 6.90. The first kappa shape index (κ1) is 26.6. The summed E-state index contributed by atoms with van der Waals surface area (Å²) in [5, 5.41) is 18.3. The second kappa shape index (κ2) is 12.1. The molecule has 2 aliphatic carbocycles. The van der Waals surface area contributed by atoms with E-state index >= 15 is 0 Å². The van der Waals surface area contributed by atoms with Crippen molar-refractivity contribution in [2.75, 3.05) is 18.1 Å². The maximum absolute atomic E-state index is 14.4. The van der Waals surface area contributed by atoms with Gasteiger partial charge in [-0.15, -0.1) is 0 Å². The Morgan fingerprint density at radius 1 is 1.18 bits per heavy atom. The molecule has 0 saturated heterocycles. The summed E-state index contributed by atoms with van der Waals surface area (Å²) in [7, 11) is 0. The molecule has 1 aromatic carbocycles. The van der Waals surface area contributed by atoms with Crippen molar-refractivity contribution in [2.24, 2.45) is 5.92 Å². The van der Waals surface area contributed by atoms with E-state index in [1.165, 1.54) is 11.8 Å². The van der Waals surface area contributed by atoms with E-state index in [-0.39, 0.29) is 24.0 Å². The number of hydrogen-bond donors (Lipinski definition) is 4. The van der Waals surface area contributed by atoms with E-state index in [1.807, 2.05) is 0 Å². The molecule has 2 unspecified atom stereocenters. The molecule has 0 bridgehead atoms. The van der Waals surface area contributed by atoms with E-state index in [4.69, 9.17) is 0 Å². The van der Waals surface area contributed by atoms with Crippen molar-refractivity contribution >= 4 is 23.6 Å². The fourth-order valence-corrected chi connectivity index (χ4v) is 4.51. The molecule has 3 atom stereocenters. The SMILES string of the molecule is CC[C@H](NC(=O)C(CSCC1CC1)NCC(F)(F)Oc1ccc(F)cc1)C(O)C(=O)NC1CC1. The van der Waals surface area contributed by atoms with E-state index in [0.29, 0.717) is 5.92 Å². The number of carbonyl (C=O) groups excluding carboxylic acids is 2. The van der Waals surface area contributed by atoms with E-state index < -0.39 is 48.5 Å². The molecule has 3 rings (SSSR count). The van der Waals surface area contributed by atoms with Crippen molar-refractivity contribution in [3.63, 3.8) is 0 Å². The first-order valence-electron chi connectivity index (χ1n) is 11.6. The minimum Gasteiger partial charge on any atom is -0.432 e. The topological polar surface area (TPSA) is 99.7 Å². The van der Waals surface area contributed by atoms with Crippen molar-refractivity contribution in [1.29, 1.82) is 0 Å². The van der Waals surface area contributed by atoms with Crippen LogP contribution in [0.15, 0.2) is 24.3 Å². The van der Waals surface area contributed by atoms with E-state index in [2.05, 4.69) is 20.7 Å². The summed E-state index contributed by atoms with van der Waals surface area (Å²) in [6.45, 7) is 0.765. The number of thioether (sulfide) groups is 1. The Morgan fingerprint density at radius 3 is 2.44 bits per heavy atom. The molecule has 34 heavy (non-hydrogen) atoms. The van der Waals surface area contributed by atoms with Gasteiger partial charge in [0.25, 0.3) is 5.91 Å². The maximum atomic E-state index is 14.4. The molecule has 2 amide bonds. The zero-order chi connectivity index (χ0) is 24.7. The van der Waals surface area contributed by atoms with Gasteiger partial charge in [-0.25, -0.2) is 4.39 Å². The molecule has 2 fully saturated rings. The van der Waals surface area contributed by atoms with Crippen LogP contribution in [0.4, 0.5) is 13.2 Å². The van der Waals surface area contributed by atoms with Crippen LogP contribution in [0, 0.1) is 11.7 Å². The Bertz CT molecular complexity index is 822. The van der Waals surface area contributed by atoms with Gasteiger partial charge in [-0.3, -0.25) is 14.9 Å². The molecule has 0 heterocycles. The predicted molar refractivity (Wildman–Crippen MR) is 123 cm³/mol. The summed E-state index contributed by atoms with van der Waals surface area (Å²) >= 11 is 1.49. The fraction of sp³-hybridized carbons (Fsp3) is 0.652. The largest absolute Gasteiger partial charge is 0.432 e. The zero-order valence-corrected chi connectivity index (χ0v) is 19.9. The third-order valence-electron chi connectivity index (χ3n) is 5.63. The fourth-order valence-electron chi connectivity index (χ4n) is 3.20. The Kier molecular flexibility index (Phi) is 9.49. The minimum absolute atomic E-state index is 0.0620. The molecule has 4 N–H and O–H groups in total. The van der Waals surface area contributed by atoms with Gasteiger partial charge in [-0.1, -0.05) is 6.92 Å². The Labute approximate surface area is 201 Å². The molecule has 0 aromatic heterocycles. The van der Waals surface area contributed by atoms with Crippen LogP contribution in [0.1, 0.15) is 39.0 Å². The van der Waals surface area contributed by atoms with Crippen molar-refractivity contribution in [1.82, 2.24) is 16.0 Å². The van der Waals surface area contributed by atoms with Gasteiger partial charge in [0.15, 0.2) is 6.10 Å². The highest BCUT2D eigenvalue weighted by Gasteiger charge is 2.36. The van der Waals surface area contributed by atoms with Gasteiger partial charge in [0.05, 0.1) is 12.1 Å². The Balaban J connectivity index is 1.56. The number of hydrogen-bond acceptors (Lipinski definition) is 6. The maximum Gasteiger partial charge on any atom is 0.410 e. The number of aliphatic hydroxyl groups excluding tert-OH is 1. The van der Waals surface area contributed by atoms with E-state index in [9.17, 15) is 27.9 Å². The van der Waals surface area contributed by atoms with Crippen molar-refractivity contribution in [3.05, 3.63) is 30.1 Å². The first-order valence-corrected chi connectivity index (χ1v) is 12.7. The number of aliphatic hydroxyl groups is 1. The summed E-state index contributed by atoms with van der Waals surface area (Å²) < 4.78 is 46.4. The molecule has 7 nitrogen and oxygen atoms in total. The lowest BCUT2D eigenvalue weighted by molar-refractivity contribution is -0.172. The number of nitrogens with one attached hydrogen (secondary N) is 3. The lowest BCUT2D eigenvalue weighted by Crippen LogP contribution is -2.56. The molecule has 0 aliphatic heterocycles. The lowest BCUT2D eigenvalue weighted by Gasteiger charge is -2.27. The number of benzene rings is 1. The van der Waals surface area contributed by atoms with Crippen LogP contribution in [0.25, 0.3) is 0 Å². The van der Waals surface area contributed by atoms with Gasteiger partial charge >= 0.3 is 6.11 Å². The highest BCUT2D eigenvalue weighted by Crippen LogP contribution is 2.32. The van der Waals surface area contributed by atoms with Crippen LogP contribution < -0.4 is 20.7 Å². The molecule has 1 aromatic rings. The second-order valence-corrected chi connectivity index (χ2v) is 9.93. The summed E-state index contributed by atoms with van der Waals surface area (Å²) in [4.78, 5) is 25.1. The van der Waals surface area contributed by atoms with E-state index in [0.717, 1.165) is 55.7 Å². The van der Waals surface area contributed by atoms with Crippen LogP contribution >= 0.6 is 11.8 Å². The number of carbonyl (C=O) groups is 2. The molecule has 0 spiro atoms. The highest BCUT2D eigenvalue weighted by molar-refractivity contribution is 7.99. The number of rotatable bonds is 15. The normalized spacial score (nSPS) is 18.6. The van der Waals surface area contributed by atoms with Crippen LogP contribution in [0.3, 0.4) is 0 Å². The molecule has 0 radical (unpaired) electrons. The van der Waals surface area contributed by atoms with Crippen LogP contribution in [0.5, 0.6) is 5.75 Å². The van der Waals surface area contributed by atoms with Gasteiger partial charge in [-0.05, 0) is 68.0 Å². The monoisotopic (exact) mass is 503 g/mol. The quantitative estimate of drug-likeness (QED) is 0.294. The number of halogens is 3. The Hall–Kier alpha value is -1.98. The first-order chi connectivity index (χ1) is 16.2. The van der Waals surface area contributed by atoms with Crippen molar-refractivity contribution in [3.8, 4) is 5.75 Å². The predicted octanol–water partition coefficient (Wildman–Crippen LogP) is 2.43. The lowest BCUT2D eigenvalue weighted by atomic mass is 10.1. The molecule has 2 saturated carbocycles.